The average Bonchev–Trinajstić information content (AvgIpc) is 1.39. The summed E-state index contributed by atoms with van der Waals surface area (Å²) in [6.45, 7) is 4.53. The van der Waals surface area contributed by atoms with Gasteiger partial charge in [0.2, 0.25) is 0 Å². The molecule has 0 amide bonds. The lowest BCUT2D eigenvalue weighted by molar-refractivity contribution is 0.460. The van der Waals surface area contributed by atoms with Gasteiger partial charge >= 0.3 is 0 Å². The highest BCUT2D eigenvalue weighted by atomic mass is 28.2. The molecule has 0 N–H and O–H groups in total. The van der Waals surface area contributed by atoms with Gasteiger partial charge in [-0.05, 0) is 0 Å². The molecule has 0 aliphatic rings. The predicted octanol–water partition coefficient (Wildman–Crippen LogP) is -0.835. The van der Waals surface area contributed by atoms with Gasteiger partial charge in [0.25, 0.3) is 0 Å². The summed E-state index contributed by atoms with van der Waals surface area (Å²) < 4.78 is 4.39. The van der Waals surface area contributed by atoms with Crippen molar-refractivity contribution in [3.05, 3.63) is 0 Å². The maximum atomic E-state index is 4.39. The van der Waals surface area contributed by atoms with Gasteiger partial charge in [-0.1, -0.05) is 13.1 Å². The Bertz CT molecular complexity index is 10.8. The number of hydrogen-bond acceptors (Lipinski definition) is 1. The van der Waals surface area contributed by atoms with Crippen LogP contribution in [0.25, 0.3) is 0 Å². The second-order valence-corrected chi connectivity index (χ2v) is 3.35. The van der Waals surface area contributed by atoms with Gasteiger partial charge in [0.05, 0.1) is 0 Å². The molecule has 0 unspecified atom stereocenters. The standard InChI is InChI=1S/C2H8Si.CH6OSi/c1-3-2;1-2-3/h3H2,1-2H3;1,3H3. The molecule has 1 nitrogen and oxygen atoms in total. The SMILES string of the molecule is CO[SiH3].C[SiH2]C. The highest BCUT2D eigenvalue weighted by molar-refractivity contribution is 6.31. The van der Waals surface area contributed by atoms with Crippen LogP contribution in [0.3, 0.4) is 0 Å². The van der Waals surface area contributed by atoms with Crippen LogP contribution < -0.4 is 0 Å². The number of rotatable bonds is 0. The summed E-state index contributed by atoms with van der Waals surface area (Å²) in [5, 5.41) is 0. The Labute approximate surface area is 45.5 Å². The first-order chi connectivity index (χ1) is 2.83. The van der Waals surface area contributed by atoms with Crippen molar-refractivity contribution in [3.8, 4) is 0 Å². The second kappa shape index (κ2) is 18.2. The van der Waals surface area contributed by atoms with E-state index in [2.05, 4.69) is 17.5 Å². The fourth-order valence-electron chi connectivity index (χ4n) is 0. The van der Waals surface area contributed by atoms with Crippen molar-refractivity contribution in [3.63, 3.8) is 0 Å². The molecule has 0 radical (unpaired) electrons. The normalized spacial score (nSPS) is 6.50. The van der Waals surface area contributed by atoms with Crippen molar-refractivity contribution in [2.75, 3.05) is 7.11 Å². The summed E-state index contributed by atoms with van der Waals surface area (Å²) >= 11 is 0. The van der Waals surface area contributed by atoms with E-state index >= 15 is 0 Å². The van der Waals surface area contributed by atoms with Crippen LogP contribution in [0, 0.1) is 0 Å². The van der Waals surface area contributed by atoms with E-state index in [1.165, 1.54) is 0 Å². The molecule has 0 aliphatic heterocycles. The lowest BCUT2D eigenvalue weighted by Gasteiger charge is -1.61. The largest absolute Gasteiger partial charge is 0.431 e. The molecule has 0 aromatic heterocycles. The molecule has 3 heteroatoms. The van der Waals surface area contributed by atoms with Crippen LogP contribution in [0.2, 0.25) is 13.1 Å². The molecule has 0 heterocycles. The Hall–Kier alpha value is 0.394. The van der Waals surface area contributed by atoms with Crippen LogP contribution in [0.1, 0.15) is 0 Å². The zero-order chi connectivity index (χ0) is 5.41. The molecule has 0 rings (SSSR count). The molecule has 0 saturated heterocycles. The zero-order valence-electron chi connectivity index (χ0n) is 5.12. The highest BCUT2D eigenvalue weighted by Crippen LogP contribution is 1.36. The smallest absolute Gasteiger partial charge is 0.145 e. The Balaban J connectivity index is 0. The van der Waals surface area contributed by atoms with Gasteiger partial charge in [-0.2, -0.15) is 0 Å². The minimum Gasteiger partial charge on any atom is -0.431 e. The Morgan fingerprint density at radius 1 is 1.50 bits per heavy atom. The minimum absolute atomic E-state index is 0.417. The van der Waals surface area contributed by atoms with Gasteiger partial charge in [-0.3, -0.25) is 0 Å². The first-order valence-corrected chi connectivity index (χ1v) is 5.88. The second-order valence-electron chi connectivity index (χ2n) is 1.12. The van der Waals surface area contributed by atoms with E-state index in [0.29, 0.717) is 9.52 Å². The van der Waals surface area contributed by atoms with Crippen molar-refractivity contribution in [2.45, 2.75) is 13.1 Å². The molecule has 0 aromatic rings. The molecule has 0 aliphatic carbocycles. The molecular formula is C3H14OSi2. The Kier molecular flexibility index (Phi) is 29.2. The third-order valence-corrected chi connectivity index (χ3v) is 0. The van der Waals surface area contributed by atoms with Crippen molar-refractivity contribution < 1.29 is 4.43 Å². The van der Waals surface area contributed by atoms with E-state index in [0.717, 1.165) is 10.5 Å². The first-order valence-electron chi connectivity index (χ1n) is 2.23. The van der Waals surface area contributed by atoms with E-state index in [1.807, 2.05) is 0 Å². The highest BCUT2D eigenvalue weighted by Gasteiger charge is 1.38. The summed E-state index contributed by atoms with van der Waals surface area (Å²) in [5.74, 6) is 0. The van der Waals surface area contributed by atoms with E-state index < -0.39 is 0 Å². The molecule has 0 fully saturated rings. The molecule has 6 heavy (non-hydrogen) atoms. The maximum absolute atomic E-state index is 4.39. The third kappa shape index (κ3) is 326. The summed E-state index contributed by atoms with van der Waals surface area (Å²) in [5.41, 5.74) is 0. The number of hydrogen-bond donors (Lipinski definition) is 0. The van der Waals surface area contributed by atoms with Crippen LogP contribution in [0.4, 0.5) is 0 Å². The predicted molar refractivity (Wildman–Crippen MR) is 37.2 cm³/mol. The lowest BCUT2D eigenvalue weighted by Crippen LogP contribution is -1.60. The van der Waals surface area contributed by atoms with E-state index in [1.54, 1.807) is 7.11 Å². The van der Waals surface area contributed by atoms with E-state index in [9.17, 15) is 0 Å². The quantitative estimate of drug-likeness (QED) is 0.381. The first kappa shape index (κ1) is 9.64. The van der Waals surface area contributed by atoms with Gasteiger partial charge in [0.15, 0.2) is 0 Å². The van der Waals surface area contributed by atoms with Gasteiger partial charge in [0, 0.05) is 16.6 Å². The molecule has 0 saturated carbocycles. The van der Waals surface area contributed by atoms with Gasteiger partial charge < -0.3 is 4.43 Å². The molecule has 40 valence electrons. The van der Waals surface area contributed by atoms with Gasteiger partial charge in [0.1, 0.15) is 10.5 Å². The summed E-state index contributed by atoms with van der Waals surface area (Å²) in [7, 11) is 2.97. The molecule has 0 atom stereocenters. The lowest BCUT2D eigenvalue weighted by atomic mass is 11.8. The van der Waals surface area contributed by atoms with E-state index in [-0.39, 0.29) is 0 Å². The fraction of sp³-hybridized carbons (Fsp3) is 1.00. The molecule has 0 bridgehead atoms. The van der Waals surface area contributed by atoms with Crippen LogP contribution in [-0.2, 0) is 4.43 Å². The maximum Gasteiger partial charge on any atom is 0.145 e. The topological polar surface area (TPSA) is 9.23 Å². The van der Waals surface area contributed by atoms with Crippen LogP contribution in [-0.4, -0.2) is 27.1 Å². The fourth-order valence-corrected chi connectivity index (χ4v) is 0. The third-order valence-electron chi connectivity index (χ3n) is 0. The summed E-state index contributed by atoms with van der Waals surface area (Å²) in [6, 6.07) is 0. The zero-order valence-corrected chi connectivity index (χ0v) is 8.53. The van der Waals surface area contributed by atoms with Crippen LogP contribution in [0.5, 0.6) is 0 Å². The monoisotopic (exact) mass is 122 g/mol. The minimum atomic E-state index is 0.417. The molecule has 0 spiro atoms. The van der Waals surface area contributed by atoms with Crippen molar-refractivity contribution in [1.29, 1.82) is 0 Å². The Morgan fingerprint density at radius 2 is 1.50 bits per heavy atom. The van der Waals surface area contributed by atoms with Gasteiger partial charge in [-0.15, -0.1) is 0 Å². The summed E-state index contributed by atoms with van der Waals surface area (Å²) in [6.07, 6.45) is 0. The van der Waals surface area contributed by atoms with Crippen LogP contribution in [0.15, 0.2) is 0 Å². The van der Waals surface area contributed by atoms with Crippen molar-refractivity contribution >= 4 is 20.0 Å². The van der Waals surface area contributed by atoms with Crippen molar-refractivity contribution in [1.82, 2.24) is 0 Å². The molecular weight excluding hydrogens is 108 g/mol. The average molecular weight is 122 g/mol. The van der Waals surface area contributed by atoms with Gasteiger partial charge in [-0.25, -0.2) is 0 Å². The van der Waals surface area contributed by atoms with Crippen LogP contribution >= 0.6 is 0 Å². The van der Waals surface area contributed by atoms with Crippen molar-refractivity contribution in [2.24, 2.45) is 0 Å². The van der Waals surface area contributed by atoms with E-state index in [4.69, 9.17) is 0 Å². The Morgan fingerprint density at radius 3 is 1.50 bits per heavy atom. The summed E-state index contributed by atoms with van der Waals surface area (Å²) in [4.78, 5) is 0. The molecule has 0 aromatic carbocycles.